The van der Waals surface area contributed by atoms with E-state index >= 15 is 0 Å². The van der Waals surface area contributed by atoms with Crippen LogP contribution in [0.4, 0.5) is 5.82 Å². The Labute approximate surface area is 144 Å². The lowest BCUT2D eigenvalue weighted by atomic mass is 10.1. The maximum atomic E-state index is 11.8. The molecule has 25 heavy (non-hydrogen) atoms. The molecule has 126 valence electrons. The van der Waals surface area contributed by atoms with Crippen molar-refractivity contribution in [2.24, 2.45) is 0 Å². The van der Waals surface area contributed by atoms with Gasteiger partial charge in [-0.3, -0.25) is 4.79 Å². The molecule has 8 heteroatoms. The summed E-state index contributed by atoms with van der Waals surface area (Å²) in [6.07, 6.45) is 2.34. The van der Waals surface area contributed by atoms with Crippen LogP contribution in [0.3, 0.4) is 0 Å². The minimum Gasteiger partial charge on any atom is -0.505 e. The number of hydrogen-bond donors (Lipinski definition) is 3. The van der Waals surface area contributed by atoms with Gasteiger partial charge in [-0.15, -0.1) is 10.2 Å². The van der Waals surface area contributed by atoms with E-state index in [-0.39, 0.29) is 11.6 Å². The van der Waals surface area contributed by atoms with Gasteiger partial charge in [-0.05, 0) is 12.1 Å². The smallest absolute Gasteiger partial charge is 0.289 e. The molecular weight excluding hydrogens is 320 g/mol. The van der Waals surface area contributed by atoms with Gasteiger partial charge in [0.15, 0.2) is 5.75 Å². The molecule has 0 fully saturated rings. The van der Waals surface area contributed by atoms with Gasteiger partial charge in [0, 0.05) is 18.7 Å². The molecule has 0 saturated carbocycles. The Balaban J connectivity index is 1.46. The largest absolute Gasteiger partial charge is 0.505 e. The molecule has 3 N–H and O–H groups in total. The predicted molar refractivity (Wildman–Crippen MR) is 92.0 cm³/mol. The van der Waals surface area contributed by atoms with E-state index in [1.165, 1.54) is 12.4 Å². The molecule has 0 radical (unpaired) electrons. The highest BCUT2D eigenvalue weighted by Crippen LogP contribution is 2.15. The monoisotopic (exact) mass is 336 g/mol. The Bertz CT molecular complexity index is 822. The third-order valence-corrected chi connectivity index (χ3v) is 3.29. The Morgan fingerprint density at radius 1 is 0.960 bits per heavy atom. The molecule has 0 aliphatic rings. The summed E-state index contributed by atoms with van der Waals surface area (Å²) < 4.78 is 0. The lowest BCUT2D eigenvalue weighted by Gasteiger charge is -2.07. The Kier molecular flexibility index (Phi) is 5.10. The molecule has 0 spiro atoms. The topological polar surface area (TPSA) is 113 Å². The molecule has 8 nitrogen and oxygen atoms in total. The first kappa shape index (κ1) is 16.3. The maximum Gasteiger partial charge on any atom is 0.289 e. The molecule has 2 heterocycles. The average Bonchev–Trinajstić information content (AvgIpc) is 2.67. The Hall–Kier alpha value is -3.55. The van der Waals surface area contributed by atoms with E-state index in [9.17, 15) is 4.79 Å². The molecular formula is C17H16N6O2. The summed E-state index contributed by atoms with van der Waals surface area (Å²) in [6.45, 7) is 0.842. The first-order chi connectivity index (χ1) is 12.2. The zero-order chi connectivity index (χ0) is 17.5. The third kappa shape index (κ3) is 4.47. The molecule has 3 aromatic rings. The molecule has 3 rings (SSSR count). The molecule has 2 aromatic heterocycles. The zero-order valence-corrected chi connectivity index (χ0v) is 13.3. The minimum atomic E-state index is -0.410. The normalized spacial score (nSPS) is 10.2. The van der Waals surface area contributed by atoms with Crippen molar-refractivity contribution >= 4 is 11.7 Å². The molecule has 0 saturated heterocycles. The van der Waals surface area contributed by atoms with Crippen LogP contribution >= 0.6 is 0 Å². The van der Waals surface area contributed by atoms with Crippen molar-refractivity contribution in [2.45, 2.75) is 0 Å². The molecule has 1 aromatic carbocycles. The van der Waals surface area contributed by atoms with Crippen LogP contribution < -0.4 is 10.6 Å². The summed E-state index contributed by atoms with van der Waals surface area (Å²) in [5, 5.41) is 23.1. The number of aromatic nitrogens is 4. The average molecular weight is 336 g/mol. The number of carbonyl (C=O) groups excluding carboxylic acids is 1. The molecule has 0 unspecified atom stereocenters. The summed E-state index contributed by atoms with van der Waals surface area (Å²) in [5.41, 5.74) is 1.80. The highest BCUT2D eigenvalue weighted by molar-refractivity contribution is 5.90. The molecule has 0 aliphatic carbocycles. The summed E-state index contributed by atoms with van der Waals surface area (Å²) in [7, 11) is 0. The van der Waals surface area contributed by atoms with Crippen LogP contribution in [0.2, 0.25) is 0 Å². The van der Waals surface area contributed by atoms with Crippen LogP contribution in [-0.4, -0.2) is 44.3 Å². The minimum absolute atomic E-state index is 0.00445. The van der Waals surface area contributed by atoms with E-state index in [0.717, 1.165) is 11.3 Å². The molecule has 0 atom stereocenters. The van der Waals surface area contributed by atoms with Gasteiger partial charge in [-0.2, -0.15) is 0 Å². The van der Waals surface area contributed by atoms with Crippen molar-refractivity contribution in [1.29, 1.82) is 0 Å². The zero-order valence-electron chi connectivity index (χ0n) is 13.3. The standard InChI is InChI=1S/C17H16N6O2/c24-13-10-20-16(21-11-13)17(25)19-9-8-18-15-7-6-14(22-23-15)12-4-2-1-3-5-12/h1-7,10-11,24H,8-9H2,(H,18,23)(H,19,25). The van der Waals surface area contributed by atoms with E-state index in [1.807, 2.05) is 42.5 Å². The lowest BCUT2D eigenvalue weighted by Crippen LogP contribution is -2.30. The fraction of sp³-hybridized carbons (Fsp3) is 0.118. The van der Waals surface area contributed by atoms with E-state index < -0.39 is 5.91 Å². The maximum absolute atomic E-state index is 11.8. The quantitative estimate of drug-likeness (QED) is 0.584. The first-order valence-corrected chi connectivity index (χ1v) is 7.64. The first-order valence-electron chi connectivity index (χ1n) is 7.64. The number of amides is 1. The highest BCUT2D eigenvalue weighted by Gasteiger charge is 2.07. The van der Waals surface area contributed by atoms with Gasteiger partial charge < -0.3 is 15.7 Å². The van der Waals surface area contributed by atoms with Gasteiger partial charge >= 0.3 is 0 Å². The number of carbonyl (C=O) groups is 1. The van der Waals surface area contributed by atoms with Gasteiger partial charge in [0.1, 0.15) is 5.82 Å². The second kappa shape index (κ2) is 7.82. The molecule has 1 amide bonds. The van der Waals surface area contributed by atoms with Crippen molar-refractivity contribution in [3.8, 4) is 17.0 Å². The van der Waals surface area contributed by atoms with Gasteiger partial charge in [0.05, 0.1) is 18.1 Å². The van der Waals surface area contributed by atoms with Crippen molar-refractivity contribution in [2.75, 3.05) is 18.4 Å². The fourth-order valence-electron chi connectivity index (χ4n) is 2.07. The molecule has 0 aliphatic heterocycles. The van der Waals surface area contributed by atoms with E-state index in [2.05, 4.69) is 30.8 Å². The predicted octanol–water partition coefficient (Wildman–Crippen LogP) is 1.48. The summed E-state index contributed by atoms with van der Waals surface area (Å²) in [6, 6.07) is 13.5. The summed E-state index contributed by atoms with van der Waals surface area (Å²) >= 11 is 0. The van der Waals surface area contributed by atoms with E-state index in [1.54, 1.807) is 0 Å². The summed E-state index contributed by atoms with van der Waals surface area (Å²) in [5.74, 6) is 0.127. The van der Waals surface area contributed by atoms with Crippen molar-refractivity contribution in [3.63, 3.8) is 0 Å². The van der Waals surface area contributed by atoms with Gasteiger partial charge in [-0.1, -0.05) is 30.3 Å². The molecule has 0 bridgehead atoms. The number of nitrogens with one attached hydrogen (secondary N) is 2. The second-order valence-electron chi connectivity index (χ2n) is 5.12. The van der Waals surface area contributed by atoms with E-state index in [4.69, 9.17) is 5.11 Å². The van der Waals surface area contributed by atoms with Crippen LogP contribution in [0.1, 0.15) is 10.6 Å². The van der Waals surface area contributed by atoms with Crippen LogP contribution in [-0.2, 0) is 0 Å². The lowest BCUT2D eigenvalue weighted by molar-refractivity contribution is 0.0944. The number of nitrogens with zero attached hydrogens (tertiary/aromatic N) is 4. The van der Waals surface area contributed by atoms with Gasteiger partial charge in [0.2, 0.25) is 5.82 Å². The number of benzene rings is 1. The SMILES string of the molecule is O=C(NCCNc1ccc(-c2ccccc2)nn1)c1ncc(O)cn1. The van der Waals surface area contributed by atoms with Crippen LogP contribution in [0.25, 0.3) is 11.3 Å². The van der Waals surface area contributed by atoms with Crippen LogP contribution in [0, 0.1) is 0 Å². The van der Waals surface area contributed by atoms with Crippen LogP contribution in [0.15, 0.2) is 54.9 Å². The van der Waals surface area contributed by atoms with Crippen molar-refractivity contribution in [3.05, 3.63) is 60.7 Å². The van der Waals surface area contributed by atoms with E-state index in [0.29, 0.717) is 18.9 Å². The van der Waals surface area contributed by atoms with Gasteiger partial charge in [-0.25, -0.2) is 9.97 Å². The third-order valence-electron chi connectivity index (χ3n) is 3.29. The number of hydrogen-bond acceptors (Lipinski definition) is 7. The highest BCUT2D eigenvalue weighted by atomic mass is 16.3. The number of anilines is 1. The Morgan fingerprint density at radius 3 is 2.40 bits per heavy atom. The second-order valence-corrected chi connectivity index (χ2v) is 5.12. The van der Waals surface area contributed by atoms with Crippen molar-refractivity contribution in [1.82, 2.24) is 25.5 Å². The fourth-order valence-corrected chi connectivity index (χ4v) is 2.07. The van der Waals surface area contributed by atoms with Crippen LogP contribution in [0.5, 0.6) is 5.75 Å². The van der Waals surface area contributed by atoms with Gasteiger partial charge in [0.25, 0.3) is 5.91 Å². The number of aromatic hydroxyl groups is 1. The summed E-state index contributed by atoms with van der Waals surface area (Å²) in [4.78, 5) is 19.3. The number of rotatable bonds is 6. The van der Waals surface area contributed by atoms with Crippen molar-refractivity contribution < 1.29 is 9.90 Å². The Morgan fingerprint density at radius 2 is 1.72 bits per heavy atom.